The number of nitrogens with zero attached hydrogens (tertiary/aromatic N) is 1. The van der Waals surface area contributed by atoms with Crippen molar-refractivity contribution in [2.45, 2.75) is 88.9 Å². The number of ether oxygens (including phenoxy) is 3. The van der Waals surface area contributed by atoms with Crippen LogP contribution in [0.5, 0.6) is 0 Å². The number of nitrogens with one attached hydrogen (secondary N) is 1. The van der Waals surface area contributed by atoms with Crippen molar-refractivity contribution in [3.8, 4) is 0 Å². The van der Waals surface area contributed by atoms with E-state index >= 15 is 0 Å². The summed E-state index contributed by atoms with van der Waals surface area (Å²) in [6, 6.07) is 15.9. The summed E-state index contributed by atoms with van der Waals surface area (Å²) in [4.78, 5) is 25.7. The average molecular weight is 569 g/mol. The number of methoxy groups -OCH3 is 1. The monoisotopic (exact) mass is 568 g/mol. The van der Waals surface area contributed by atoms with E-state index in [0.717, 1.165) is 61.9 Å². The number of benzene rings is 2. The second-order valence-electron chi connectivity index (χ2n) is 11.1. The Kier molecular flexibility index (Phi) is 12.1. The van der Waals surface area contributed by atoms with E-state index in [1.165, 1.54) is 0 Å². The van der Waals surface area contributed by atoms with Crippen molar-refractivity contribution < 1.29 is 34.0 Å². The maximum absolute atomic E-state index is 12.6. The fourth-order valence-electron chi connectivity index (χ4n) is 5.71. The molecule has 0 bridgehead atoms. The van der Waals surface area contributed by atoms with Crippen LogP contribution in [0.3, 0.4) is 0 Å². The highest BCUT2D eigenvalue weighted by Gasteiger charge is 2.35. The lowest BCUT2D eigenvalue weighted by atomic mass is 9.99. The van der Waals surface area contributed by atoms with E-state index in [2.05, 4.69) is 10.2 Å². The zero-order valence-corrected chi connectivity index (χ0v) is 24.0. The summed E-state index contributed by atoms with van der Waals surface area (Å²) in [6.07, 6.45) is 5.73. The highest BCUT2D eigenvalue weighted by Crippen LogP contribution is 2.39. The Bertz CT molecular complexity index is 1110. The number of rotatable bonds is 15. The zero-order chi connectivity index (χ0) is 29.0. The van der Waals surface area contributed by atoms with Crippen LogP contribution in [0.25, 0.3) is 0 Å². The first-order valence-electron chi connectivity index (χ1n) is 14.8. The third-order valence-corrected chi connectivity index (χ3v) is 7.90. The van der Waals surface area contributed by atoms with E-state index in [4.69, 9.17) is 19.3 Å². The molecule has 2 heterocycles. The summed E-state index contributed by atoms with van der Waals surface area (Å²) < 4.78 is 18.5. The van der Waals surface area contributed by atoms with Gasteiger partial charge in [-0.3, -0.25) is 14.5 Å². The van der Waals surface area contributed by atoms with Gasteiger partial charge >= 0.3 is 5.97 Å². The quantitative estimate of drug-likeness (QED) is 0.251. The standard InChI is InChI=1S/C32H44N2O7/c1-39-22-27-10-7-17-34(27)20-28-19-29(24-15-13-23(21-35)14-16-24)41-32(40-28)25-8-6-9-26(18-25)33-30(36)11-4-2-3-5-12-31(37)38/h6,8-9,13-16,18,27-29,32,35H,2-5,7,10-12,17,19-22H2,1H3,(H,33,36)(H,37,38). The molecule has 2 aliphatic rings. The summed E-state index contributed by atoms with van der Waals surface area (Å²) in [5.74, 6) is -0.846. The number of carbonyl (C=O) groups is 2. The number of anilines is 1. The molecule has 0 spiro atoms. The summed E-state index contributed by atoms with van der Waals surface area (Å²) in [6.45, 7) is 2.53. The molecule has 224 valence electrons. The lowest BCUT2D eigenvalue weighted by molar-refractivity contribution is -0.253. The van der Waals surface area contributed by atoms with E-state index in [1.54, 1.807) is 7.11 Å². The molecule has 0 radical (unpaired) electrons. The Morgan fingerprint density at radius 1 is 1.02 bits per heavy atom. The summed E-state index contributed by atoms with van der Waals surface area (Å²) in [5, 5.41) is 21.2. The fourth-order valence-corrected chi connectivity index (χ4v) is 5.71. The van der Waals surface area contributed by atoms with Crippen LogP contribution in [-0.4, -0.2) is 65.9 Å². The first-order valence-corrected chi connectivity index (χ1v) is 14.8. The van der Waals surface area contributed by atoms with E-state index in [-0.39, 0.29) is 31.1 Å². The number of carboxylic acids is 1. The molecule has 0 saturated carbocycles. The zero-order valence-electron chi connectivity index (χ0n) is 24.0. The van der Waals surface area contributed by atoms with Crippen LogP contribution in [-0.2, 0) is 30.4 Å². The molecule has 3 N–H and O–H groups in total. The number of unbranched alkanes of at least 4 members (excludes halogenated alkanes) is 3. The van der Waals surface area contributed by atoms with E-state index in [1.807, 2.05) is 48.5 Å². The number of aliphatic hydroxyl groups is 1. The molecular formula is C32H44N2O7. The Morgan fingerprint density at radius 2 is 1.80 bits per heavy atom. The van der Waals surface area contributed by atoms with Crippen LogP contribution in [0.4, 0.5) is 5.69 Å². The van der Waals surface area contributed by atoms with Gasteiger partial charge in [0, 0.05) is 50.2 Å². The predicted octanol–water partition coefficient (Wildman–Crippen LogP) is 5.20. The normalized spacial score (nSPS) is 23.0. The van der Waals surface area contributed by atoms with Crippen molar-refractivity contribution >= 4 is 17.6 Å². The van der Waals surface area contributed by atoms with E-state index < -0.39 is 12.3 Å². The topological polar surface area (TPSA) is 118 Å². The molecule has 4 unspecified atom stereocenters. The molecule has 2 saturated heterocycles. The van der Waals surface area contributed by atoms with Crippen molar-refractivity contribution in [1.82, 2.24) is 4.90 Å². The molecule has 2 aliphatic heterocycles. The van der Waals surface area contributed by atoms with Crippen molar-refractivity contribution in [2.75, 3.05) is 32.1 Å². The van der Waals surface area contributed by atoms with Gasteiger partial charge in [0.1, 0.15) is 0 Å². The van der Waals surface area contributed by atoms with Gasteiger partial charge in [-0.1, -0.05) is 49.2 Å². The molecule has 4 atom stereocenters. The smallest absolute Gasteiger partial charge is 0.303 e. The van der Waals surface area contributed by atoms with Crippen molar-refractivity contribution in [2.24, 2.45) is 0 Å². The number of hydrogen-bond acceptors (Lipinski definition) is 7. The van der Waals surface area contributed by atoms with Crippen molar-refractivity contribution in [3.05, 3.63) is 65.2 Å². The van der Waals surface area contributed by atoms with E-state index in [9.17, 15) is 14.7 Å². The lowest BCUT2D eigenvalue weighted by Crippen LogP contribution is -2.42. The van der Waals surface area contributed by atoms with E-state index in [0.29, 0.717) is 37.6 Å². The predicted molar refractivity (Wildman–Crippen MR) is 155 cm³/mol. The number of amides is 1. The van der Waals surface area contributed by atoms with Gasteiger partial charge in [-0.25, -0.2) is 0 Å². The van der Waals surface area contributed by atoms with Crippen LogP contribution >= 0.6 is 0 Å². The molecule has 9 nitrogen and oxygen atoms in total. The third kappa shape index (κ3) is 9.61. The molecule has 0 aromatic heterocycles. The molecular weight excluding hydrogens is 524 g/mol. The highest BCUT2D eigenvalue weighted by molar-refractivity contribution is 5.90. The third-order valence-electron chi connectivity index (χ3n) is 7.90. The summed E-state index contributed by atoms with van der Waals surface area (Å²) in [5.41, 5.74) is 3.43. The minimum atomic E-state index is -0.780. The Morgan fingerprint density at radius 3 is 2.54 bits per heavy atom. The summed E-state index contributed by atoms with van der Waals surface area (Å²) >= 11 is 0. The van der Waals surface area contributed by atoms with Gasteiger partial charge in [-0.05, 0) is 55.5 Å². The number of carbonyl (C=O) groups excluding carboxylic acids is 1. The first-order chi connectivity index (χ1) is 19.9. The maximum Gasteiger partial charge on any atom is 0.303 e. The average Bonchev–Trinajstić information content (AvgIpc) is 3.41. The maximum atomic E-state index is 12.6. The second kappa shape index (κ2) is 16.0. The van der Waals surface area contributed by atoms with Gasteiger partial charge in [-0.15, -0.1) is 0 Å². The van der Waals surface area contributed by atoms with Gasteiger partial charge in [0.25, 0.3) is 0 Å². The van der Waals surface area contributed by atoms with Gasteiger partial charge in [0.2, 0.25) is 5.91 Å². The molecule has 2 aromatic carbocycles. The first kappa shape index (κ1) is 31.1. The Balaban J connectivity index is 1.41. The number of aliphatic carboxylic acids is 1. The SMILES string of the molecule is COCC1CCCN1CC1CC(c2ccc(CO)cc2)OC(c2cccc(NC(=O)CCCCCCC(=O)O)c2)O1. The molecule has 2 fully saturated rings. The van der Waals surface area contributed by atoms with Crippen LogP contribution in [0.15, 0.2) is 48.5 Å². The molecule has 4 rings (SSSR count). The van der Waals surface area contributed by atoms with Crippen LogP contribution in [0.2, 0.25) is 0 Å². The number of likely N-dealkylation sites (tertiary alicyclic amines) is 1. The number of hydrogen-bond donors (Lipinski definition) is 3. The fraction of sp³-hybridized carbons (Fsp3) is 0.562. The Hall–Kier alpha value is -2.82. The minimum Gasteiger partial charge on any atom is -0.481 e. The Labute approximate surface area is 242 Å². The van der Waals surface area contributed by atoms with Crippen molar-refractivity contribution in [1.29, 1.82) is 0 Å². The van der Waals surface area contributed by atoms with Crippen LogP contribution in [0, 0.1) is 0 Å². The summed E-state index contributed by atoms with van der Waals surface area (Å²) in [7, 11) is 1.75. The van der Waals surface area contributed by atoms with Crippen molar-refractivity contribution in [3.63, 3.8) is 0 Å². The number of carboxylic acid groups (broad SMARTS) is 1. The van der Waals surface area contributed by atoms with Gasteiger partial charge in [0.05, 0.1) is 25.4 Å². The van der Waals surface area contributed by atoms with Gasteiger partial charge in [0.15, 0.2) is 6.29 Å². The lowest BCUT2D eigenvalue weighted by Gasteiger charge is -2.39. The molecule has 1 amide bonds. The van der Waals surface area contributed by atoms with Gasteiger partial charge in [-0.2, -0.15) is 0 Å². The largest absolute Gasteiger partial charge is 0.481 e. The molecule has 2 aromatic rings. The highest BCUT2D eigenvalue weighted by atomic mass is 16.7. The van der Waals surface area contributed by atoms with Gasteiger partial charge < -0.3 is 29.7 Å². The number of aliphatic hydroxyl groups excluding tert-OH is 1. The molecule has 0 aliphatic carbocycles. The van der Waals surface area contributed by atoms with Crippen LogP contribution < -0.4 is 5.32 Å². The molecule has 41 heavy (non-hydrogen) atoms. The second-order valence-corrected chi connectivity index (χ2v) is 11.1. The minimum absolute atomic E-state index is 0.000746. The molecule has 9 heteroatoms. The van der Waals surface area contributed by atoms with Crippen LogP contribution in [0.1, 0.15) is 86.9 Å².